The Balaban J connectivity index is 1.22. The summed E-state index contributed by atoms with van der Waals surface area (Å²) in [4.78, 5) is 15.5. The molecular formula is C30H43N3O3. The largest absolute Gasteiger partial charge is 0.497 e. The number of carbonyl (C=O) groups excluding carboxylic acids is 1. The van der Waals surface area contributed by atoms with Crippen LogP contribution in [-0.4, -0.2) is 38.6 Å². The van der Waals surface area contributed by atoms with Gasteiger partial charge in [0.25, 0.3) is 0 Å². The number of hydrogen-bond donors (Lipinski definition) is 1. The van der Waals surface area contributed by atoms with Gasteiger partial charge in [0.15, 0.2) is 5.78 Å². The molecule has 1 N–H and O–H groups in total. The van der Waals surface area contributed by atoms with Gasteiger partial charge in [0.2, 0.25) is 0 Å². The van der Waals surface area contributed by atoms with Crippen molar-refractivity contribution in [3.63, 3.8) is 0 Å². The molecule has 36 heavy (non-hydrogen) atoms. The monoisotopic (exact) mass is 493 g/mol. The molecule has 0 bridgehead atoms. The summed E-state index contributed by atoms with van der Waals surface area (Å²) in [6.07, 6.45) is 9.08. The Labute approximate surface area is 215 Å². The molecule has 4 saturated carbocycles. The van der Waals surface area contributed by atoms with Gasteiger partial charge < -0.3 is 9.84 Å². The predicted molar refractivity (Wildman–Crippen MR) is 139 cm³/mol. The Morgan fingerprint density at radius 2 is 1.83 bits per heavy atom. The fourth-order valence-electron chi connectivity index (χ4n) is 9.86. The fraction of sp³-hybridized carbons (Fsp3) is 0.767. The number of rotatable bonds is 4. The van der Waals surface area contributed by atoms with E-state index in [-0.39, 0.29) is 17.9 Å². The number of carbonyl (C=O) groups is 1. The zero-order valence-electron chi connectivity index (χ0n) is 22.7. The first-order valence-electron chi connectivity index (χ1n) is 14.2. The predicted octanol–water partition coefficient (Wildman–Crippen LogP) is 5.66. The van der Waals surface area contributed by atoms with Gasteiger partial charge in [0, 0.05) is 12.0 Å². The summed E-state index contributed by atoms with van der Waals surface area (Å²) < 4.78 is 5.32. The van der Waals surface area contributed by atoms with Crippen LogP contribution >= 0.6 is 0 Å². The van der Waals surface area contributed by atoms with Gasteiger partial charge in [-0.05, 0) is 111 Å². The van der Waals surface area contributed by atoms with Gasteiger partial charge >= 0.3 is 0 Å². The van der Waals surface area contributed by atoms with E-state index in [2.05, 4.69) is 31.0 Å². The first-order valence-corrected chi connectivity index (χ1v) is 14.2. The summed E-state index contributed by atoms with van der Waals surface area (Å²) in [6, 6.07) is 5.66. The van der Waals surface area contributed by atoms with E-state index in [0.717, 1.165) is 54.8 Å². The van der Waals surface area contributed by atoms with Crippen LogP contribution in [0.1, 0.15) is 79.1 Å². The Morgan fingerprint density at radius 1 is 1.06 bits per heavy atom. The number of aliphatic hydroxyl groups is 1. The zero-order chi connectivity index (χ0) is 25.5. The van der Waals surface area contributed by atoms with Crippen LogP contribution in [0.5, 0.6) is 5.75 Å². The van der Waals surface area contributed by atoms with Gasteiger partial charge in [-0.1, -0.05) is 20.8 Å². The highest BCUT2D eigenvalue weighted by Gasteiger charge is 2.63. The van der Waals surface area contributed by atoms with Crippen LogP contribution in [0.3, 0.4) is 0 Å². The van der Waals surface area contributed by atoms with Crippen LogP contribution < -0.4 is 4.74 Å². The number of ketones is 1. The minimum Gasteiger partial charge on any atom is -0.497 e. The number of ether oxygens (including phenoxy) is 1. The van der Waals surface area contributed by atoms with Crippen LogP contribution in [0.15, 0.2) is 18.2 Å². The second kappa shape index (κ2) is 8.28. The average molecular weight is 494 g/mol. The van der Waals surface area contributed by atoms with Crippen LogP contribution in [0.25, 0.3) is 11.0 Å². The second-order valence-corrected chi connectivity index (χ2v) is 13.6. The van der Waals surface area contributed by atoms with Crippen LogP contribution in [0.4, 0.5) is 0 Å². The molecule has 4 aliphatic rings. The van der Waals surface area contributed by atoms with Crippen LogP contribution in [-0.2, 0) is 11.3 Å². The molecule has 4 fully saturated rings. The van der Waals surface area contributed by atoms with Gasteiger partial charge in [0.05, 0.1) is 12.7 Å². The molecule has 4 aliphatic carbocycles. The maximum Gasteiger partial charge on any atom is 0.160 e. The van der Waals surface area contributed by atoms with Crippen LogP contribution in [0, 0.1) is 46.3 Å². The van der Waals surface area contributed by atoms with Gasteiger partial charge in [-0.3, -0.25) is 4.79 Å². The van der Waals surface area contributed by atoms with Crippen molar-refractivity contribution in [2.24, 2.45) is 46.3 Å². The number of nitrogens with zero attached hydrogens (tertiary/aromatic N) is 3. The molecule has 0 saturated heterocycles. The number of methoxy groups -OCH3 is 1. The summed E-state index contributed by atoms with van der Waals surface area (Å²) in [5.41, 5.74) is 1.48. The molecule has 0 amide bonds. The van der Waals surface area contributed by atoms with E-state index in [4.69, 9.17) is 4.74 Å². The van der Waals surface area contributed by atoms with Gasteiger partial charge in [-0.2, -0.15) is 15.0 Å². The topological polar surface area (TPSA) is 77.2 Å². The number of hydrogen-bond acceptors (Lipinski definition) is 5. The average Bonchev–Trinajstić information content (AvgIpc) is 3.34. The number of Topliss-reactive ketones (excluding diaryl/α,β-unsaturated/α-hetero) is 1. The molecule has 6 heteroatoms. The molecule has 6 nitrogen and oxygen atoms in total. The molecule has 0 radical (unpaired) electrons. The van der Waals surface area contributed by atoms with Crippen molar-refractivity contribution in [1.82, 2.24) is 15.0 Å². The summed E-state index contributed by atoms with van der Waals surface area (Å²) in [5.74, 6) is 4.23. The lowest BCUT2D eigenvalue weighted by atomic mass is 9.44. The summed E-state index contributed by atoms with van der Waals surface area (Å²) in [6.45, 7) is 9.56. The lowest BCUT2D eigenvalue weighted by Gasteiger charge is -2.61. The first kappa shape index (κ1) is 24.4. The van der Waals surface area contributed by atoms with E-state index in [1.165, 1.54) is 19.3 Å². The van der Waals surface area contributed by atoms with Gasteiger partial charge in [0.1, 0.15) is 23.3 Å². The highest BCUT2D eigenvalue weighted by Crippen LogP contribution is 2.69. The molecule has 0 aliphatic heterocycles. The van der Waals surface area contributed by atoms with E-state index >= 15 is 0 Å². The van der Waals surface area contributed by atoms with E-state index in [0.29, 0.717) is 34.9 Å². The second-order valence-electron chi connectivity index (χ2n) is 13.6. The van der Waals surface area contributed by atoms with Crippen molar-refractivity contribution >= 4 is 16.8 Å². The van der Waals surface area contributed by atoms with E-state index in [1.807, 2.05) is 25.1 Å². The maximum absolute atomic E-state index is 13.9. The van der Waals surface area contributed by atoms with Crippen molar-refractivity contribution in [2.75, 3.05) is 7.11 Å². The van der Waals surface area contributed by atoms with Crippen LogP contribution in [0.2, 0.25) is 0 Å². The standard InChI is InChI=1S/C30H43N3O3/c1-18-14-23-21-8-6-19-16-28(2,35)12-13-29(19,3)22(21)10-11-30(23,4)27(18)26(34)17-33-31-24-9-7-20(36-5)15-25(24)32-33/h7,9,15,18-19,21-23,27,35H,6,8,10-14,16-17H2,1-5H3/t18-,19+,21-,22+,23+,27-,28-,29+,30+/m1/s1. The normalized spacial score (nSPS) is 44.1. The minimum atomic E-state index is -0.490. The Bertz CT molecular complexity index is 1170. The zero-order valence-corrected chi connectivity index (χ0v) is 22.7. The molecule has 0 spiro atoms. The molecule has 1 heterocycles. The number of benzene rings is 1. The van der Waals surface area contributed by atoms with E-state index < -0.39 is 5.60 Å². The lowest BCUT2D eigenvalue weighted by molar-refractivity contribution is -0.151. The third-order valence-corrected chi connectivity index (χ3v) is 11.6. The molecule has 1 aromatic carbocycles. The fourth-order valence-corrected chi connectivity index (χ4v) is 9.86. The quantitative estimate of drug-likeness (QED) is 0.594. The molecule has 0 unspecified atom stereocenters. The molecule has 1 aromatic heterocycles. The van der Waals surface area contributed by atoms with Crippen molar-refractivity contribution in [1.29, 1.82) is 0 Å². The molecule has 6 rings (SSSR count). The molecule has 196 valence electrons. The Hall–Kier alpha value is -1.95. The van der Waals surface area contributed by atoms with Crippen molar-refractivity contribution in [3.05, 3.63) is 18.2 Å². The highest BCUT2D eigenvalue weighted by atomic mass is 16.5. The van der Waals surface area contributed by atoms with Crippen molar-refractivity contribution < 1.29 is 14.6 Å². The number of fused-ring (bicyclic) bond motifs is 6. The minimum absolute atomic E-state index is 0.0663. The Morgan fingerprint density at radius 3 is 2.61 bits per heavy atom. The molecular weight excluding hydrogens is 450 g/mol. The molecule has 9 atom stereocenters. The van der Waals surface area contributed by atoms with E-state index in [1.54, 1.807) is 11.9 Å². The lowest BCUT2D eigenvalue weighted by Crippen LogP contribution is -2.55. The smallest absolute Gasteiger partial charge is 0.160 e. The van der Waals surface area contributed by atoms with Gasteiger partial charge in [-0.15, -0.1) is 0 Å². The summed E-state index contributed by atoms with van der Waals surface area (Å²) in [5, 5.41) is 20.0. The molecule has 2 aromatic rings. The Kier molecular flexibility index (Phi) is 5.61. The van der Waals surface area contributed by atoms with Gasteiger partial charge in [-0.25, -0.2) is 0 Å². The number of aromatic nitrogens is 3. The SMILES string of the molecule is COc1ccc2nn(CC(=O)[C@H]3[C@H](C)C[C@H]4[C@@H]5CC[C@H]6C[C@](C)(O)CC[C@]6(C)[C@H]5CC[C@@]43C)nc2c1. The third kappa shape index (κ3) is 3.65. The first-order chi connectivity index (χ1) is 17.0. The summed E-state index contributed by atoms with van der Waals surface area (Å²) >= 11 is 0. The third-order valence-electron chi connectivity index (χ3n) is 11.6. The summed E-state index contributed by atoms with van der Waals surface area (Å²) in [7, 11) is 1.65. The highest BCUT2D eigenvalue weighted by molar-refractivity contribution is 5.83. The maximum atomic E-state index is 13.9. The van der Waals surface area contributed by atoms with Crippen molar-refractivity contribution in [2.45, 2.75) is 91.2 Å². The van der Waals surface area contributed by atoms with E-state index in [9.17, 15) is 9.90 Å². The van der Waals surface area contributed by atoms with Crippen molar-refractivity contribution in [3.8, 4) is 5.75 Å².